The molecule has 2 aliphatic heterocycles. The third-order valence-corrected chi connectivity index (χ3v) is 21.9. The fraction of sp³-hybridized carbons (Fsp3) is 0.471. The number of hydrogen-bond acceptors (Lipinski definition) is 24. The molecule has 13 heterocycles. The van der Waals surface area contributed by atoms with Crippen LogP contribution in [0.2, 0.25) is 0 Å². The van der Waals surface area contributed by atoms with E-state index in [4.69, 9.17) is 0 Å². The number of aromatic nitrogens is 22. The first-order chi connectivity index (χ1) is 53.1. The van der Waals surface area contributed by atoms with Crippen LogP contribution in [0.5, 0.6) is 0 Å². The van der Waals surface area contributed by atoms with Crippen molar-refractivity contribution in [2.24, 2.45) is 0 Å². The van der Waals surface area contributed by atoms with E-state index in [-0.39, 0.29) is 65.6 Å². The largest absolute Gasteiger partial charge is 0.421 e. The third-order valence-electron chi connectivity index (χ3n) is 20.8. The molecule has 7 N–H and O–H groups in total. The molecule has 1 unspecified atom stereocenters. The Hall–Kier alpha value is -10.3. The summed E-state index contributed by atoms with van der Waals surface area (Å²) in [5, 5.41) is 47.1. The number of halogens is 10. The molecule has 31 nitrogen and oxygen atoms in total. The summed E-state index contributed by atoms with van der Waals surface area (Å²) in [6, 6.07) is 1.95. The number of aryl methyl sites for hydroxylation is 3. The van der Waals surface area contributed by atoms with Crippen LogP contribution in [0, 0.1) is 39.3 Å². The maximum atomic E-state index is 13.2. The van der Waals surface area contributed by atoms with E-state index in [1.807, 2.05) is 59.5 Å². The van der Waals surface area contributed by atoms with Gasteiger partial charge in [-0.25, -0.2) is 38.7 Å². The van der Waals surface area contributed by atoms with Gasteiger partial charge in [-0.15, -0.1) is 0 Å². The summed E-state index contributed by atoms with van der Waals surface area (Å²) in [6.45, 7) is 17.0. The number of likely N-dealkylation sites (N-methyl/N-ethyl adjacent to an activating group) is 1. The summed E-state index contributed by atoms with van der Waals surface area (Å²) >= 11 is 6.79. The zero-order chi connectivity index (χ0) is 78.8. The highest BCUT2D eigenvalue weighted by Gasteiger charge is 2.42. The molecule has 5 aliphatic rings. The first-order valence-electron chi connectivity index (χ1n) is 36.1. The Labute approximate surface area is 650 Å². The summed E-state index contributed by atoms with van der Waals surface area (Å²) in [6.07, 6.45) is 19.5. The van der Waals surface area contributed by atoms with Gasteiger partial charge in [-0.1, -0.05) is 13.3 Å². The molecular weight excluding hydrogens is 1590 g/mol. The molecule has 11 aromatic rings. The molecule has 4 fully saturated rings. The number of piperazine rings is 1. The Morgan fingerprint density at radius 3 is 1.37 bits per heavy atom. The highest BCUT2D eigenvalue weighted by atomic mass is 79.9. The second-order valence-electron chi connectivity index (χ2n) is 28.0. The van der Waals surface area contributed by atoms with Crippen LogP contribution in [0.3, 0.4) is 0 Å². The smallest absolute Gasteiger partial charge is 0.372 e. The van der Waals surface area contributed by atoms with Crippen LogP contribution < -0.4 is 37.2 Å². The summed E-state index contributed by atoms with van der Waals surface area (Å²) in [5.74, 6) is 2.67. The Morgan fingerprint density at radius 2 is 0.928 bits per heavy atom. The number of hydrogen-bond donors (Lipinski definition) is 7. The van der Waals surface area contributed by atoms with E-state index in [1.54, 1.807) is 66.8 Å². The van der Waals surface area contributed by atoms with Crippen molar-refractivity contribution in [3.05, 3.63) is 153 Å². The predicted octanol–water partition coefficient (Wildman–Crippen LogP) is 13.7. The van der Waals surface area contributed by atoms with Crippen LogP contribution in [0.1, 0.15) is 141 Å². The van der Waals surface area contributed by atoms with Crippen LogP contribution in [-0.4, -0.2) is 178 Å². The molecule has 0 spiro atoms. The molecule has 0 bridgehead atoms. The molecule has 1 atom stereocenters. The molecule has 3 aliphatic carbocycles. The summed E-state index contributed by atoms with van der Waals surface area (Å²) in [7, 11) is 7.15. The number of imidazole rings is 1. The molecule has 0 radical (unpaired) electrons. The van der Waals surface area contributed by atoms with Crippen molar-refractivity contribution in [2.45, 2.75) is 160 Å². The molecule has 0 amide bonds. The van der Waals surface area contributed by atoms with Crippen molar-refractivity contribution in [3.8, 4) is 0 Å². The van der Waals surface area contributed by atoms with E-state index in [9.17, 15) is 35.1 Å². The van der Waals surface area contributed by atoms with Crippen molar-refractivity contribution in [2.75, 3.05) is 91.6 Å². The molecule has 11 aromatic heterocycles. The van der Waals surface area contributed by atoms with Crippen molar-refractivity contribution in [1.82, 2.24) is 118 Å². The second kappa shape index (κ2) is 33.0. The molecule has 590 valence electrons. The molecule has 41 heteroatoms. The standard InChI is InChI=1S/C21H30F3N7.C17H19F3N8.2C16H18BrFN8/c1-4-5-18-17(21(22,23)24)12-25-20(27-18)28-19-13-26-31(14(19)2)16-10-15(11-16)30-8-6-29(3)7-9-30;1-10-12(24-15-23-8-11(17(18,19)20)13(21-3)25-15)9-28(26-10)16(2)4-6-27-7-5-22-14(16)27;2*1-9-14(23-16-20-6-13(17)15(19-2)24-16)7-22-26(9)12-3-11(4-12)25-8-10(18)5-21-25/h12-13,15-16H,4-11H2,1-3H3,(H,25,27,28);5,7-9H,4,6H2,1-3H3,(H2,21,23,24,25);2*5-8,11-12H,3-4H2,1-2H3,(H2,19,20,23,24). The van der Waals surface area contributed by atoms with E-state index in [2.05, 4.69) is 173 Å². The van der Waals surface area contributed by atoms with Gasteiger partial charge >= 0.3 is 12.4 Å². The quantitative estimate of drug-likeness (QED) is 0.0349. The molecule has 16 rings (SSSR count). The minimum absolute atomic E-state index is 0.0200. The number of nitrogens with one attached hydrogen (secondary N) is 7. The van der Waals surface area contributed by atoms with E-state index in [1.165, 1.54) is 31.8 Å². The normalized spacial score (nSPS) is 20.2. The lowest BCUT2D eigenvalue weighted by Gasteiger charge is -2.46. The van der Waals surface area contributed by atoms with E-state index >= 15 is 0 Å². The van der Waals surface area contributed by atoms with Crippen molar-refractivity contribution >= 4 is 95.9 Å². The van der Waals surface area contributed by atoms with Crippen molar-refractivity contribution < 1.29 is 35.1 Å². The summed E-state index contributed by atoms with van der Waals surface area (Å²) in [4.78, 5) is 42.5. The maximum absolute atomic E-state index is 13.2. The average Bonchev–Trinajstić information content (AvgIpc) is 1.62. The number of nitrogens with zero attached hydrogens (tertiary/aromatic N) is 24. The zero-order valence-corrected chi connectivity index (χ0v) is 65.6. The van der Waals surface area contributed by atoms with Gasteiger partial charge in [0.05, 0.1) is 139 Å². The van der Waals surface area contributed by atoms with Gasteiger partial charge in [0, 0.05) is 103 Å². The van der Waals surface area contributed by atoms with Crippen molar-refractivity contribution in [3.63, 3.8) is 0 Å². The molecule has 0 aromatic carbocycles. The van der Waals surface area contributed by atoms with E-state index in [0.29, 0.717) is 53.4 Å². The van der Waals surface area contributed by atoms with Gasteiger partial charge in [0.2, 0.25) is 23.8 Å². The lowest BCUT2D eigenvalue weighted by Crippen LogP contribution is -2.53. The fourth-order valence-corrected chi connectivity index (χ4v) is 14.9. The lowest BCUT2D eigenvalue weighted by molar-refractivity contribution is -0.139. The number of fused-ring (bicyclic) bond motifs is 1. The highest BCUT2D eigenvalue weighted by molar-refractivity contribution is 9.11. The van der Waals surface area contributed by atoms with Crippen LogP contribution in [-0.2, 0) is 30.9 Å². The Bertz CT molecular complexity index is 4860. The Kier molecular flexibility index (Phi) is 23.4. The number of anilines is 11. The Morgan fingerprint density at radius 1 is 0.495 bits per heavy atom. The minimum atomic E-state index is -4.53. The van der Waals surface area contributed by atoms with Gasteiger partial charge in [-0.2, -0.15) is 71.9 Å². The summed E-state index contributed by atoms with van der Waals surface area (Å²) in [5.41, 5.74) is 4.66. The second-order valence-corrected chi connectivity index (χ2v) is 29.8. The minimum Gasteiger partial charge on any atom is -0.372 e. The average molecular weight is 1670 g/mol. The molecule has 1 saturated heterocycles. The summed E-state index contributed by atoms with van der Waals surface area (Å²) < 4.78 is 120. The van der Waals surface area contributed by atoms with Gasteiger partial charge in [0.15, 0.2) is 11.6 Å². The van der Waals surface area contributed by atoms with Gasteiger partial charge in [0.25, 0.3) is 0 Å². The van der Waals surface area contributed by atoms with Gasteiger partial charge in [-0.3, -0.25) is 33.0 Å². The zero-order valence-electron chi connectivity index (χ0n) is 62.5. The third kappa shape index (κ3) is 17.4. The monoisotopic (exact) mass is 1670 g/mol. The first kappa shape index (κ1) is 78.8. The first-order valence-corrected chi connectivity index (χ1v) is 37.7. The highest BCUT2D eigenvalue weighted by Crippen LogP contribution is 2.45. The SMILES string of the molecule is CCCc1nc(Nc2cnn(C3CC(N4CCN(C)CC4)C3)c2C)ncc1C(F)(F)F.CNc1nc(Nc2cn(C3(C)CCn4ccnc43)nc2C)ncc1C(F)(F)F.CNc1nc(Nc2cnn(C3CC(n4cc(F)cn4)C3)c2C)ncc1Br.CNc1nc(Nc2cnn(C3CC(n4cc(F)cn4)C3)c2C)ncc1Br. The molecule has 111 heavy (non-hydrogen) atoms. The predicted molar refractivity (Wildman–Crippen MR) is 407 cm³/mol. The molecule has 3 saturated carbocycles. The van der Waals surface area contributed by atoms with E-state index < -0.39 is 29.0 Å². The van der Waals surface area contributed by atoms with Gasteiger partial charge in [0.1, 0.15) is 34.4 Å². The van der Waals surface area contributed by atoms with Crippen molar-refractivity contribution in [1.29, 1.82) is 0 Å². The van der Waals surface area contributed by atoms with Crippen LogP contribution in [0.15, 0.2) is 95.7 Å². The number of alkyl halides is 6. The van der Waals surface area contributed by atoms with Gasteiger partial charge < -0.3 is 46.7 Å². The molecular formula is C70H85Br2F8N31. The fourth-order valence-electron chi connectivity index (χ4n) is 14.1. The number of rotatable bonds is 20. The van der Waals surface area contributed by atoms with Crippen LogP contribution in [0.25, 0.3) is 0 Å². The maximum Gasteiger partial charge on any atom is 0.421 e. The van der Waals surface area contributed by atoms with Crippen LogP contribution >= 0.6 is 31.9 Å². The van der Waals surface area contributed by atoms with Crippen LogP contribution in [0.4, 0.5) is 99.1 Å². The van der Waals surface area contributed by atoms with Gasteiger partial charge in [-0.05, 0) is 125 Å². The van der Waals surface area contributed by atoms with E-state index in [0.717, 1.165) is 139 Å². The topological polar surface area (TPSA) is 319 Å². The Balaban J connectivity index is 0.000000130. The lowest BCUT2D eigenvalue weighted by atomic mass is 9.85.